The molecule has 0 bridgehead atoms. The summed E-state index contributed by atoms with van der Waals surface area (Å²) in [5.41, 5.74) is 0.785. The van der Waals surface area contributed by atoms with E-state index in [2.05, 4.69) is 4.98 Å². The number of furan rings is 1. The summed E-state index contributed by atoms with van der Waals surface area (Å²) in [7, 11) is 0. The van der Waals surface area contributed by atoms with Crippen LogP contribution in [0.3, 0.4) is 0 Å². The largest absolute Gasteiger partial charge is 0.465 e. The molecule has 0 amide bonds. The van der Waals surface area contributed by atoms with E-state index in [1.165, 1.54) is 30.8 Å². The van der Waals surface area contributed by atoms with Gasteiger partial charge in [-0.2, -0.15) is 0 Å². The van der Waals surface area contributed by atoms with Gasteiger partial charge in [-0.25, -0.2) is 4.79 Å². The summed E-state index contributed by atoms with van der Waals surface area (Å²) in [5.74, 6) is 0.523. The molecule has 0 radical (unpaired) electrons. The van der Waals surface area contributed by atoms with Gasteiger partial charge >= 0.3 is 5.97 Å². The Labute approximate surface area is 142 Å². The van der Waals surface area contributed by atoms with Crippen LogP contribution in [-0.4, -0.2) is 16.7 Å². The van der Waals surface area contributed by atoms with Crippen LogP contribution < -0.4 is 9.47 Å². The molecule has 6 heteroatoms. The molecule has 122 valence electrons. The molecular formula is C19H11NO5. The van der Waals surface area contributed by atoms with Gasteiger partial charge in [0, 0.05) is 24.5 Å². The van der Waals surface area contributed by atoms with Crippen molar-refractivity contribution in [3.05, 3.63) is 83.8 Å². The lowest BCUT2D eigenvalue weighted by Crippen LogP contribution is -2.08. The van der Waals surface area contributed by atoms with E-state index in [9.17, 15) is 9.59 Å². The molecule has 1 aliphatic rings. The van der Waals surface area contributed by atoms with Gasteiger partial charge in [0.2, 0.25) is 5.78 Å². The summed E-state index contributed by atoms with van der Waals surface area (Å²) >= 11 is 0. The lowest BCUT2D eigenvalue weighted by Gasteiger charge is -2.05. The third kappa shape index (κ3) is 2.92. The molecule has 3 aromatic rings. The number of esters is 1. The summed E-state index contributed by atoms with van der Waals surface area (Å²) in [6.07, 6.45) is 6.04. The van der Waals surface area contributed by atoms with Crippen LogP contribution in [-0.2, 0) is 0 Å². The standard InChI is InChI=1S/C19H11NO5/c21-18-15-4-3-14(24-19(22)12-5-7-20-8-6-12)11-16(15)25-17(18)10-13-2-1-9-23-13/h1-11H/b17-10-. The average Bonchev–Trinajstić information content (AvgIpc) is 3.24. The van der Waals surface area contributed by atoms with Gasteiger partial charge in [0.1, 0.15) is 17.3 Å². The summed E-state index contributed by atoms with van der Waals surface area (Å²) in [6.45, 7) is 0. The highest BCUT2D eigenvalue weighted by Crippen LogP contribution is 2.35. The molecule has 0 fully saturated rings. The van der Waals surface area contributed by atoms with Gasteiger partial charge in [-0.05, 0) is 36.4 Å². The summed E-state index contributed by atoms with van der Waals surface area (Å²) < 4.78 is 16.1. The lowest BCUT2D eigenvalue weighted by molar-refractivity contribution is 0.0734. The van der Waals surface area contributed by atoms with Gasteiger partial charge in [-0.3, -0.25) is 9.78 Å². The Morgan fingerprint density at radius 3 is 2.72 bits per heavy atom. The number of nitrogens with zero attached hydrogens (tertiary/aromatic N) is 1. The normalized spacial score (nSPS) is 14.2. The summed E-state index contributed by atoms with van der Waals surface area (Å²) in [5, 5.41) is 0. The van der Waals surface area contributed by atoms with E-state index < -0.39 is 5.97 Å². The highest BCUT2D eigenvalue weighted by atomic mass is 16.5. The maximum atomic E-state index is 12.3. The van der Waals surface area contributed by atoms with Gasteiger partial charge in [-0.15, -0.1) is 0 Å². The van der Waals surface area contributed by atoms with Gasteiger partial charge < -0.3 is 13.9 Å². The smallest absolute Gasteiger partial charge is 0.343 e. The maximum absolute atomic E-state index is 12.3. The Bertz CT molecular complexity index is 974. The SMILES string of the molecule is O=C(Oc1ccc2c(c1)O/C(=C\c1ccco1)C2=O)c1ccncc1. The number of carbonyl (C=O) groups excluding carboxylic acids is 2. The van der Waals surface area contributed by atoms with E-state index in [1.807, 2.05) is 0 Å². The van der Waals surface area contributed by atoms with Crippen LogP contribution in [0.25, 0.3) is 6.08 Å². The Hall–Kier alpha value is -3.67. The summed E-state index contributed by atoms with van der Waals surface area (Å²) in [4.78, 5) is 28.3. The van der Waals surface area contributed by atoms with Crippen LogP contribution in [0.2, 0.25) is 0 Å². The topological polar surface area (TPSA) is 78.6 Å². The monoisotopic (exact) mass is 333 g/mol. The molecule has 0 N–H and O–H groups in total. The van der Waals surface area contributed by atoms with E-state index in [4.69, 9.17) is 13.9 Å². The first-order valence-electron chi connectivity index (χ1n) is 7.45. The van der Waals surface area contributed by atoms with Crippen LogP contribution in [0.4, 0.5) is 0 Å². The third-order valence-corrected chi connectivity index (χ3v) is 3.58. The quantitative estimate of drug-likeness (QED) is 0.415. The van der Waals surface area contributed by atoms with Gasteiger partial charge in [-0.1, -0.05) is 0 Å². The molecule has 0 unspecified atom stereocenters. The molecule has 1 aliphatic heterocycles. The van der Waals surface area contributed by atoms with Crippen molar-refractivity contribution in [2.75, 3.05) is 0 Å². The number of Topliss-reactive ketones (excluding diaryl/α,β-unsaturated/α-hetero) is 1. The van der Waals surface area contributed by atoms with Crippen molar-refractivity contribution in [1.29, 1.82) is 0 Å². The number of carbonyl (C=O) groups is 2. The number of aromatic nitrogens is 1. The first-order valence-corrected chi connectivity index (χ1v) is 7.45. The molecule has 3 heterocycles. The van der Waals surface area contributed by atoms with Crippen molar-refractivity contribution < 1.29 is 23.5 Å². The van der Waals surface area contributed by atoms with Crippen LogP contribution in [0, 0.1) is 0 Å². The van der Waals surface area contributed by atoms with E-state index in [0.29, 0.717) is 22.6 Å². The van der Waals surface area contributed by atoms with Gasteiger partial charge in [0.15, 0.2) is 5.76 Å². The minimum Gasteiger partial charge on any atom is -0.465 e. The summed E-state index contributed by atoms with van der Waals surface area (Å²) in [6, 6.07) is 11.2. The molecule has 6 nitrogen and oxygen atoms in total. The molecular weight excluding hydrogens is 322 g/mol. The minimum absolute atomic E-state index is 0.155. The third-order valence-electron chi connectivity index (χ3n) is 3.58. The maximum Gasteiger partial charge on any atom is 0.343 e. The van der Waals surface area contributed by atoms with Crippen molar-refractivity contribution in [1.82, 2.24) is 4.98 Å². The highest BCUT2D eigenvalue weighted by Gasteiger charge is 2.28. The van der Waals surface area contributed by atoms with Crippen molar-refractivity contribution in [3.8, 4) is 11.5 Å². The average molecular weight is 333 g/mol. The second-order valence-electron chi connectivity index (χ2n) is 5.24. The Kier molecular flexibility index (Phi) is 3.63. The van der Waals surface area contributed by atoms with Crippen molar-refractivity contribution in [2.24, 2.45) is 0 Å². The number of ketones is 1. The first-order chi connectivity index (χ1) is 12.2. The number of benzene rings is 1. The number of hydrogen-bond acceptors (Lipinski definition) is 6. The molecule has 0 saturated carbocycles. The zero-order valence-corrected chi connectivity index (χ0v) is 12.8. The van der Waals surface area contributed by atoms with Gasteiger partial charge in [0.05, 0.1) is 17.4 Å². The first kappa shape index (κ1) is 14.9. The molecule has 1 aromatic carbocycles. The molecule has 4 rings (SSSR count). The predicted octanol–water partition coefficient (Wildman–Crippen LogP) is 3.51. The molecule has 0 aliphatic carbocycles. The van der Waals surface area contributed by atoms with Crippen LogP contribution in [0.15, 0.2) is 71.3 Å². The van der Waals surface area contributed by atoms with E-state index in [0.717, 1.165) is 0 Å². The minimum atomic E-state index is -0.516. The zero-order chi connectivity index (χ0) is 17.2. The Morgan fingerprint density at radius 2 is 1.96 bits per heavy atom. The van der Waals surface area contributed by atoms with Crippen LogP contribution >= 0.6 is 0 Å². The van der Waals surface area contributed by atoms with Crippen molar-refractivity contribution in [2.45, 2.75) is 0 Å². The number of hydrogen-bond donors (Lipinski definition) is 0. The Morgan fingerprint density at radius 1 is 1.12 bits per heavy atom. The fourth-order valence-corrected chi connectivity index (χ4v) is 2.39. The van der Waals surface area contributed by atoms with Crippen LogP contribution in [0.5, 0.6) is 11.5 Å². The van der Waals surface area contributed by atoms with E-state index in [-0.39, 0.29) is 17.3 Å². The van der Waals surface area contributed by atoms with Gasteiger partial charge in [0.25, 0.3) is 0 Å². The Balaban J connectivity index is 1.56. The predicted molar refractivity (Wildman–Crippen MR) is 87.3 cm³/mol. The molecule has 0 saturated heterocycles. The second kappa shape index (κ2) is 6.09. The van der Waals surface area contributed by atoms with E-state index in [1.54, 1.807) is 36.4 Å². The van der Waals surface area contributed by atoms with Crippen molar-refractivity contribution >= 4 is 17.8 Å². The number of allylic oxidation sites excluding steroid dienone is 1. The fourth-order valence-electron chi connectivity index (χ4n) is 2.39. The highest BCUT2D eigenvalue weighted by molar-refractivity contribution is 6.14. The fraction of sp³-hybridized carbons (Fsp3) is 0. The zero-order valence-electron chi connectivity index (χ0n) is 12.8. The number of rotatable bonds is 3. The number of fused-ring (bicyclic) bond motifs is 1. The molecule has 0 atom stereocenters. The van der Waals surface area contributed by atoms with Crippen molar-refractivity contribution in [3.63, 3.8) is 0 Å². The number of ether oxygens (including phenoxy) is 2. The van der Waals surface area contributed by atoms with E-state index >= 15 is 0 Å². The molecule has 25 heavy (non-hydrogen) atoms. The second-order valence-corrected chi connectivity index (χ2v) is 5.24. The number of pyridine rings is 1. The molecule has 2 aromatic heterocycles. The molecule has 0 spiro atoms. The lowest BCUT2D eigenvalue weighted by atomic mass is 10.1. The van der Waals surface area contributed by atoms with Crippen LogP contribution in [0.1, 0.15) is 26.5 Å².